The first-order chi connectivity index (χ1) is 10.9. The fourth-order valence-corrected chi connectivity index (χ4v) is 4.94. The maximum atomic E-state index is 12.8. The maximum absolute atomic E-state index is 12.8. The molecule has 0 saturated heterocycles. The third kappa shape index (κ3) is 3.74. The third-order valence-corrected chi connectivity index (χ3v) is 6.89. The zero-order chi connectivity index (χ0) is 18.3. The molecule has 0 amide bonds. The molecule has 0 aliphatic carbocycles. The summed E-state index contributed by atoms with van der Waals surface area (Å²) < 4.78 is 50.3. The van der Waals surface area contributed by atoms with Crippen LogP contribution in [0, 0.1) is 13.8 Å². The molecular formula is C16H18ClNO4S2. The van der Waals surface area contributed by atoms with Crippen LogP contribution in [0.3, 0.4) is 0 Å². The minimum Gasteiger partial charge on any atom is -0.269 e. The molecule has 0 atom stereocenters. The van der Waals surface area contributed by atoms with Crippen molar-refractivity contribution in [2.45, 2.75) is 23.6 Å². The van der Waals surface area contributed by atoms with Gasteiger partial charge in [-0.3, -0.25) is 4.31 Å². The van der Waals surface area contributed by atoms with Crippen LogP contribution in [0.4, 0.5) is 5.69 Å². The van der Waals surface area contributed by atoms with Gasteiger partial charge in [0.2, 0.25) is 0 Å². The molecule has 2 aromatic rings. The molecule has 2 rings (SSSR count). The maximum Gasteiger partial charge on any atom is 0.264 e. The Morgan fingerprint density at radius 1 is 0.917 bits per heavy atom. The largest absolute Gasteiger partial charge is 0.269 e. The number of halogens is 1. The summed E-state index contributed by atoms with van der Waals surface area (Å²) in [6.07, 6.45) is 0.984. The van der Waals surface area contributed by atoms with E-state index in [0.717, 1.165) is 27.8 Å². The Morgan fingerprint density at radius 3 is 1.96 bits per heavy atom. The summed E-state index contributed by atoms with van der Waals surface area (Å²) in [5.41, 5.74) is 2.36. The molecule has 0 aliphatic rings. The van der Waals surface area contributed by atoms with E-state index in [1.807, 2.05) is 19.9 Å². The van der Waals surface area contributed by atoms with E-state index in [2.05, 4.69) is 0 Å². The van der Waals surface area contributed by atoms with E-state index in [9.17, 15) is 16.8 Å². The Morgan fingerprint density at radius 2 is 1.46 bits per heavy atom. The van der Waals surface area contributed by atoms with Crippen LogP contribution in [0.15, 0.2) is 46.2 Å². The first kappa shape index (κ1) is 18.8. The zero-order valence-electron chi connectivity index (χ0n) is 13.7. The van der Waals surface area contributed by atoms with Crippen molar-refractivity contribution in [1.82, 2.24) is 0 Å². The zero-order valence-corrected chi connectivity index (χ0v) is 16.1. The van der Waals surface area contributed by atoms with E-state index in [4.69, 9.17) is 11.6 Å². The highest BCUT2D eigenvalue weighted by Crippen LogP contribution is 2.28. The molecule has 0 spiro atoms. The molecule has 0 heterocycles. The monoisotopic (exact) mass is 387 g/mol. The molecule has 8 heteroatoms. The second kappa shape index (κ2) is 6.38. The third-order valence-electron chi connectivity index (χ3n) is 3.53. The molecule has 0 fully saturated rings. The van der Waals surface area contributed by atoms with Crippen LogP contribution in [-0.2, 0) is 19.9 Å². The normalized spacial score (nSPS) is 12.2. The minimum atomic E-state index is -3.91. The molecular weight excluding hydrogens is 370 g/mol. The molecule has 5 nitrogen and oxygen atoms in total. The summed E-state index contributed by atoms with van der Waals surface area (Å²) >= 11 is 5.88. The Balaban J connectivity index is 2.58. The van der Waals surface area contributed by atoms with Gasteiger partial charge in [-0.2, -0.15) is 0 Å². The summed E-state index contributed by atoms with van der Waals surface area (Å²) in [5.74, 6) is 0. The van der Waals surface area contributed by atoms with Gasteiger partial charge in [0.25, 0.3) is 10.0 Å². The van der Waals surface area contributed by atoms with Gasteiger partial charge in [0.1, 0.15) is 0 Å². The van der Waals surface area contributed by atoms with E-state index in [-0.39, 0.29) is 14.8 Å². The van der Waals surface area contributed by atoms with Crippen LogP contribution >= 0.6 is 11.6 Å². The Labute approximate surface area is 147 Å². The minimum absolute atomic E-state index is 0.00879. The summed E-state index contributed by atoms with van der Waals surface area (Å²) in [6, 6.07) is 9.10. The van der Waals surface area contributed by atoms with Crippen LogP contribution in [0.2, 0.25) is 5.02 Å². The van der Waals surface area contributed by atoms with Gasteiger partial charge in [0, 0.05) is 13.3 Å². The van der Waals surface area contributed by atoms with Crippen LogP contribution in [0.25, 0.3) is 0 Å². The highest BCUT2D eigenvalue weighted by Gasteiger charge is 2.24. The number of benzene rings is 2. The number of nitrogens with zero attached hydrogens (tertiary/aromatic N) is 1. The summed E-state index contributed by atoms with van der Waals surface area (Å²) in [7, 11) is -6.12. The van der Waals surface area contributed by atoms with Crippen molar-refractivity contribution in [2.75, 3.05) is 17.6 Å². The predicted molar refractivity (Wildman–Crippen MR) is 96.1 cm³/mol. The Kier molecular flexibility index (Phi) is 4.99. The van der Waals surface area contributed by atoms with Gasteiger partial charge in [-0.1, -0.05) is 17.7 Å². The van der Waals surface area contributed by atoms with Gasteiger partial charge in [-0.25, -0.2) is 16.8 Å². The summed E-state index contributed by atoms with van der Waals surface area (Å²) in [5, 5.41) is -0.00879. The first-order valence-corrected chi connectivity index (χ1v) is 10.7. The number of rotatable bonds is 4. The predicted octanol–water partition coefficient (Wildman–Crippen LogP) is 3.19. The number of hydrogen-bond acceptors (Lipinski definition) is 4. The second-order valence-electron chi connectivity index (χ2n) is 5.68. The molecule has 0 aromatic heterocycles. The lowest BCUT2D eigenvalue weighted by atomic mass is 10.1. The second-order valence-corrected chi connectivity index (χ2v) is 10.0. The average Bonchev–Trinajstić information content (AvgIpc) is 2.44. The van der Waals surface area contributed by atoms with E-state index in [1.165, 1.54) is 19.2 Å². The number of aryl methyl sites for hydroxylation is 2. The standard InChI is InChI=1S/C16H18ClNO4S2/c1-11-7-12(2)9-13(8-11)18(3)24(21,22)14-5-6-15(17)16(10-14)23(4,19)20/h5-10H,1-4H3. The molecule has 0 radical (unpaired) electrons. The van der Waals surface area contributed by atoms with Gasteiger partial charge in [0.15, 0.2) is 9.84 Å². The van der Waals surface area contributed by atoms with Crippen LogP contribution in [0.5, 0.6) is 0 Å². The van der Waals surface area contributed by atoms with Crippen molar-refractivity contribution >= 4 is 37.1 Å². The quantitative estimate of drug-likeness (QED) is 0.807. The first-order valence-electron chi connectivity index (χ1n) is 7.00. The summed E-state index contributed by atoms with van der Waals surface area (Å²) in [4.78, 5) is -0.340. The van der Waals surface area contributed by atoms with Gasteiger partial charge >= 0.3 is 0 Å². The van der Waals surface area contributed by atoms with Crippen LogP contribution < -0.4 is 4.31 Å². The number of hydrogen-bond donors (Lipinski definition) is 0. The van der Waals surface area contributed by atoms with Crippen molar-refractivity contribution in [2.24, 2.45) is 0 Å². The van der Waals surface area contributed by atoms with Gasteiger partial charge in [-0.05, 0) is 55.3 Å². The lowest BCUT2D eigenvalue weighted by molar-refractivity contribution is 0.594. The Hall–Kier alpha value is -1.57. The smallest absolute Gasteiger partial charge is 0.264 e. The van der Waals surface area contributed by atoms with E-state index in [1.54, 1.807) is 12.1 Å². The van der Waals surface area contributed by atoms with Crippen molar-refractivity contribution in [1.29, 1.82) is 0 Å². The van der Waals surface area contributed by atoms with E-state index < -0.39 is 19.9 Å². The van der Waals surface area contributed by atoms with Crippen molar-refractivity contribution in [3.05, 3.63) is 52.5 Å². The van der Waals surface area contributed by atoms with E-state index >= 15 is 0 Å². The molecule has 0 N–H and O–H groups in total. The highest BCUT2D eigenvalue weighted by molar-refractivity contribution is 7.93. The topological polar surface area (TPSA) is 71.5 Å². The lowest BCUT2D eigenvalue weighted by Crippen LogP contribution is -2.27. The lowest BCUT2D eigenvalue weighted by Gasteiger charge is -2.21. The number of sulfonamides is 1. The van der Waals surface area contributed by atoms with Gasteiger partial charge < -0.3 is 0 Å². The van der Waals surface area contributed by atoms with Crippen molar-refractivity contribution < 1.29 is 16.8 Å². The van der Waals surface area contributed by atoms with Crippen LogP contribution in [-0.4, -0.2) is 30.1 Å². The molecule has 0 aliphatic heterocycles. The Bertz CT molecular complexity index is 978. The fourth-order valence-electron chi connectivity index (χ4n) is 2.36. The highest BCUT2D eigenvalue weighted by atomic mass is 35.5. The summed E-state index contributed by atoms with van der Waals surface area (Å²) in [6.45, 7) is 3.75. The molecule has 0 unspecified atom stereocenters. The molecule has 0 bridgehead atoms. The molecule has 24 heavy (non-hydrogen) atoms. The fraction of sp³-hybridized carbons (Fsp3) is 0.250. The molecule has 2 aromatic carbocycles. The molecule has 130 valence electrons. The molecule has 0 saturated carbocycles. The average molecular weight is 388 g/mol. The SMILES string of the molecule is Cc1cc(C)cc(N(C)S(=O)(=O)c2ccc(Cl)c(S(C)(=O)=O)c2)c1. The number of sulfone groups is 1. The number of anilines is 1. The van der Waals surface area contributed by atoms with Crippen molar-refractivity contribution in [3.8, 4) is 0 Å². The van der Waals surface area contributed by atoms with Gasteiger partial charge in [0.05, 0.1) is 20.5 Å². The van der Waals surface area contributed by atoms with Crippen molar-refractivity contribution in [3.63, 3.8) is 0 Å². The van der Waals surface area contributed by atoms with Gasteiger partial charge in [-0.15, -0.1) is 0 Å². The van der Waals surface area contributed by atoms with Crippen LogP contribution in [0.1, 0.15) is 11.1 Å². The van der Waals surface area contributed by atoms with E-state index in [0.29, 0.717) is 5.69 Å².